The molecule has 0 saturated carbocycles. The summed E-state index contributed by atoms with van der Waals surface area (Å²) in [6.45, 7) is -0.150. The lowest BCUT2D eigenvalue weighted by atomic mass is 10.2. The SMILES string of the molecule is COc1cc(C(=O)NN=Cc2cn(CC(=O)O)c3ccccc23)ccc1I. The molecule has 2 N–H and O–H groups in total. The molecule has 0 aliphatic carbocycles. The molecule has 2 aromatic carbocycles. The highest BCUT2D eigenvalue weighted by atomic mass is 127. The van der Waals surface area contributed by atoms with Crippen LogP contribution in [-0.2, 0) is 11.3 Å². The number of nitrogens with zero attached hydrogens (tertiary/aromatic N) is 2. The van der Waals surface area contributed by atoms with Crippen molar-refractivity contribution >= 4 is 51.6 Å². The van der Waals surface area contributed by atoms with Crippen molar-refractivity contribution in [3.05, 3.63) is 63.4 Å². The minimum absolute atomic E-state index is 0.150. The predicted molar refractivity (Wildman–Crippen MR) is 110 cm³/mol. The number of ether oxygens (including phenoxy) is 1. The molecule has 0 spiro atoms. The number of hydrogen-bond acceptors (Lipinski definition) is 4. The Labute approximate surface area is 168 Å². The number of nitrogens with one attached hydrogen (secondary N) is 1. The summed E-state index contributed by atoms with van der Waals surface area (Å²) in [6.07, 6.45) is 3.20. The van der Waals surface area contributed by atoms with Gasteiger partial charge in [0.05, 0.1) is 16.9 Å². The fourth-order valence-electron chi connectivity index (χ4n) is 2.68. The molecule has 8 heteroatoms. The topological polar surface area (TPSA) is 92.9 Å². The second-order valence-corrected chi connectivity index (χ2v) is 6.83. The van der Waals surface area contributed by atoms with E-state index in [1.807, 2.05) is 24.3 Å². The van der Waals surface area contributed by atoms with Crippen LogP contribution in [0.1, 0.15) is 15.9 Å². The third kappa shape index (κ3) is 4.27. The van der Waals surface area contributed by atoms with Crippen molar-refractivity contribution in [1.29, 1.82) is 0 Å². The summed E-state index contributed by atoms with van der Waals surface area (Å²) in [6, 6.07) is 12.5. The van der Waals surface area contributed by atoms with Gasteiger partial charge in [0.15, 0.2) is 0 Å². The molecule has 3 rings (SSSR count). The number of aliphatic carboxylic acids is 1. The lowest BCUT2D eigenvalue weighted by molar-refractivity contribution is -0.137. The van der Waals surface area contributed by atoms with Crippen LogP contribution in [0.25, 0.3) is 10.9 Å². The van der Waals surface area contributed by atoms with Gasteiger partial charge in [-0.05, 0) is 46.9 Å². The molecule has 0 atom stereocenters. The number of carbonyl (C=O) groups is 2. The highest BCUT2D eigenvalue weighted by Crippen LogP contribution is 2.22. The Hall–Kier alpha value is -2.88. The van der Waals surface area contributed by atoms with Crippen LogP contribution in [0.3, 0.4) is 0 Å². The number of hydrogen-bond donors (Lipinski definition) is 2. The summed E-state index contributed by atoms with van der Waals surface area (Å²) in [5, 5.41) is 13.9. The molecule has 0 bridgehead atoms. The van der Waals surface area contributed by atoms with Gasteiger partial charge in [0.1, 0.15) is 12.3 Å². The molecule has 0 radical (unpaired) electrons. The number of aromatic nitrogens is 1. The number of hydrazone groups is 1. The molecule has 1 heterocycles. The van der Waals surface area contributed by atoms with E-state index in [2.05, 4.69) is 33.1 Å². The van der Waals surface area contributed by atoms with Crippen molar-refractivity contribution < 1.29 is 19.4 Å². The summed E-state index contributed by atoms with van der Waals surface area (Å²) in [4.78, 5) is 23.3. The number of amides is 1. The molecule has 7 nitrogen and oxygen atoms in total. The Morgan fingerprint density at radius 2 is 2.07 bits per heavy atom. The Bertz CT molecular complexity index is 1040. The number of benzene rings is 2. The van der Waals surface area contributed by atoms with E-state index >= 15 is 0 Å². The third-order valence-corrected chi connectivity index (χ3v) is 4.80. The highest BCUT2D eigenvalue weighted by Gasteiger charge is 2.10. The quantitative estimate of drug-likeness (QED) is 0.324. The molecule has 3 aromatic rings. The molecule has 0 aliphatic rings. The smallest absolute Gasteiger partial charge is 0.323 e. The highest BCUT2D eigenvalue weighted by molar-refractivity contribution is 14.1. The van der Waals surface area contributed by atoms with Crippen molar-refractivity contribution in [2.45, 2.75) is 6.54 Å². The van der Waals surface area contributed by atoms with E-state index in [4.69, 9.17) is 9.84 Å². The summed E-state index contributed by atoms with van der Waals surface area (Å²) in [5.41, 5.74) is 4.41. The number of para-hydroxylation sites is 1. The molecule has 0 fully saturated rings. The van der Waals surface area contributed by atoms with Gasteiger partial charge in [-0.1, -0.05) is 18.2 Å². The maximum atomic E-state index is 12.3. The maximum absolute atomic E-state index is 12.3. The van der Waals surface area contributed by atoms with Gasteiger partial charge in [-0.2, -0.15) is 5.10 Å². The fourth-order valence-corrected chi connectivity index (χ4v) is 3.24. The van der Waals surface area contributed by atoms with Gasteiger partial charge < -0.3 is 14.4 Å². The summed E-state index contributed by atoms with van der Waals surface area (Å²) >= 11 is 2.12. The van der Waals surface area contributed by atoms with Gasteiger partial charge in [-0.3, -0.25) is 9.59 Å². The number of carboxylic acids is 1. The predicted octanol–water partition coefficient (Wildman–Crippen LogP) is 3.10. The first-order valence-electron chi connectivity index (χ1n) is 7.96. The Balaban J connectivity index is 1.80. The van der Waals surface area contributed by atoms with Crippen LogP contribution in [0.2, 0.25) is 0 Å². The minimum atomic E-state index is -0.930. The van der Waals surface area contributed by atoms with Gasteiger partial charge in [-0.25, -0.2) is 5.43 Å². The second-order valence-electron chi connectivity index (χ2n) is 5.67. The Kier molecular flexibility index (Phi) is 5.75. The molecule has 1 amide bonds. The van der Waals surface area contributed by atoms with Gasteiger partial charge in [0.25, 0.3) is 5.91 Å². The standard InChI is InChI=1S/C19H16IN3O4/c1-27-17-8-12(6-7-15(17)20)19(26)22-21-9-13-10-23(11-18(24)25)16-5-3-2-4-14(13)16/h2-10H,11H2,1H3,(H,22,26)(H,24,25). The molecule has 0 saturated heterocycles. The zero-order valence-electron chi connectivity index (χ0n) is 14.3. The number of rotatable bonds is 6. The van der Waals surface area contributed by atoms with Crippen molar-refractivity contribution in [1.82, 2.24) is 9.99 Å². The molecule has 1 aromatic heterocycles. The molecule has 138 valence electrons. The van der Waals surface area contributed by atoms with Crippen LogP contribution in [0.15, 0.2) is 53.8 Å². The van der Waals surface area contributed by atoms with E-state index in [9.17, 15) is 9.59 Å². The zero-order chi connectivity index (χ0) is 19.4. The first-order valence-corrected chi connectivity index (χ1v) is 9.04. The molecule has 27 heavy (non-hydrogen) atoms. The largest absolute Gasteiger partial charge is 0.496 e. The molecule has 0 unspecified atom stereocenters. The van der Waals surface area contributed by atoms with Crippen LogP contribution in [-0.4, -0.2) is 34.9 Å². The van der Waals surface area contributed by atoms with E-state index in [-0.39, 0.29) is 12.5 Å². The molecular formula is C19H16IN3O4. The van der Waals surface area contributed by atoms with E-state index in [1.54, 1.807) is 36.1 Å². The third-order valence-electron chi connectivity index (χ3n) is 3.91. The zero-order valence-corrected chi connectivity index (χ0v) is 16.5. The average Bonchev–Trinajstić information content (AvgIpc) is 2.99. The van der Waals surface area contributed by atoms with Gasteiger partial charge in [0, 0.05) is 28.2 Å². The van der Waals surface area contributed by atoms with Crippen LogP contribution in [0, 0.1) is 3.57 Å². The number of halogens is 1. The van der Waals surface area contributed by atoms with Crippen molar-refractivity contribution in [2.75, 3.05) is 7.11 Å². The summed E-state index contributed by atoms with van der Waals surface area (Å²) in [5.74, 6) is -0.681. The van der Waals surface area contributed by atoms with E-state index in [1.165, 1.54) is 6.21 Å². The maximum Gasteiger partial charge on any atom is 0.323 e. The Morgan fingerprint density at radius 1 is 1.30 bits per heavy atom. The first-order chi connectivity index (χ1) is 13.0. The van der Waals surface area contributed by atoms with Crippen molar-refractivity contribution in [3.63, 3.8) is 0 Å². The lowest BCUT2D eigenvalue weighted by Gasteiger charge is -2.05. The van der Waals surface area contributed by atoms with Crippen LogP contribution in [0.4, 0.5) is 0 Å². The monoisotopic (exact) mass is 477 g/mol. The van der Waals surface area contributed by atoms with Gasteiger partial charge >= 0.3 is 5.97 Å². The first kappa shape index (κ1) is 18.9. The van der Waals surface area contributed by atoms with E-state index in [0.29, 0.717) is 16.9 Å². The summed E-state index contributed by atoms with van der Waals surface area (Å²) in [7, 11) is 1.55. The minimum Gasteiger partial charge on any atom is -0.496 e. The van der Waals surface area contributed by atoms with Crippen molar-refractivity contribution in [3.8, 4) is 5.75 Å². The van der Waals surface area contributed by atoms with Crippen LogP contribution in [0.5, 0.6) is 5.75 Å². The normalized spacial score (nSPS) is 11.0. The van der Waals surface area contributed by atoms with Crippen molar-refractivity contribution in [2.24, 2.45) is 5.10 Å². The van der Waals surface area contributed by atoms with Crippen LogP contribution >= 0.6 is 22.6 Å². The average molecular weight is 477 g/mol. The Morgan fingerprint density at radius 3 is 2.81 bits per heavy atom. The van der Waals surface area contributed by atoms with E-state index in [0.717, 1.165) is 14.5 Å². The van der Waals surface area contributed by atoms with E-state index < -0.39 is 5.97 Å². The number of fused-ring (bicyclic) bond motifs is 1. The second kappa shape index (κ2) is 8.21. The van der Waals surface area contributed by atoms with Gasteiger partial charge in [-0.15, -0.1) is 0 Å². The summed E-state index contributed by atoms with van der Waals surface area (Å²) < 4.78 is 7.75. The molecular weight excluding hydrogens is 461 g/mol. The number of methoxy groups -OCH3 is 1. The fraction of sp³-hybridized carbons (Fsp3) is 0.105. The number of carboxylic acid groups (broad SMARTS) is 1. The molecule has 0 aliphatic heterocycles. The van der Waals surface area contributed by atoms with Gasteiger partial charge in [0.2, 0.25) is 0 Å². The lowest BCUT2D eigenvalue weighted by Crippen LogP contribution is -2.17. The number of carbonyl (C=O) groups excluding carboxylic acids is 1. The van der Waals surface area contributed by atoms with Crippen LogP contribution < -0.4 is 10.2 Å².